The minimum absolute atomic E-state index is 0.0388. The molecule has 1 spiro atoms. The molecule has 13 heteroatoms. The molecular formula is C40H52ClN5O6S. The molecule has 2 aliphatic carbocycles. The third kappa shape index (κ3) is 7.59. The minimum Gasteiger partial charge on any atom is -0.490 e. The number of carbonyl (C=O) groups excluding carboxylic acids is 2. The zero-order chi connectivity index (χ0) is 36.7. The van der Waals surface area contributed by atoms with E-state index in [0.717, 1.165) is 69.0 Å². The molecule has 286 valence electrons. The Hall–Kier alpha value is -3.16. The minimum atomic E-state index is -3.50. The molecule has 1 N–H and O–H groups in total. The van der Waals surface area contributed by atoms with Gasteiger partial charge in [-0.15, -0.1) is 4.36 Å². The van der Waals surface area contributed by atoms with Crippen LogP contribution in [0.1, 0.15) is 60.5 Å². The van der Waals surface area contributed by atoms with Crippen LogP contribution in [0.15, 0.2) is 52.9 Å². The second-order valence-corrected chi connectivity index (χ2v) is 18.5. The van der Waals surface area contributed by atoms with Crippen molar-refractivity contribution in [3.63, 3.8) is 0 Å². The summed E-state index contributed by atoms with van der Waals surface area (Å²) in [5.41, 5.74) is 3.45. The SMILES string of the molecule is CO[C@H]1/C=C/C[C@H](C)CS(=O)(NC(=O)N2CCN3CCOC[C@H]3C2)=NC(=O)c2ccc3c(c2)N(C[C@@H]2CC[C@H]21)C[C@@]1(CCCc2cc(Cl)ccc21)CO3. The normalized spacial score (nSPS) is 33.9. The summed E-state index contributed by atoms with van der Waals surface area (Å²) in [6.45, 7) is 7.78. The van der Waals surface area contributed by atoms with Gasteiger partial charge in [-0.3, -0.25) is 14.4 Å². The maximum atomic E-state index is 14.7. The second-order valence-electron chi connectivity index (χ2n) is 16.1. The van der Waals surface area contributed by atoms with E-state index in [2.05, 4.69) is 43.2 Å². The summed E-state index contributed by atoms with van der Waals surface area (Å²) in [5, 5.41) is 0.745. The molecule has 1 unspecified atom stereocenters. The van der Waals surface area contributed by atoms with Crippen molar-refractivity contribution in [2.45, 2.75) is 63.0 Å². The largest absolute Gasteiger partial charge is 0.490 e. The fourth-order valence-electron chi connectivity index (χ4n) is 9.50. The van der Waals surface area contributed by atoms with E-state index in [-0.39, 0.29) is 29.2 Å². The maximum Gasteiger partial charge on any atom is 0.329 e. The van der Waals surface area contributed by atoms with Gasteiger partial charge in [0.05, 0.1) is 43.4 Å². The first-order chi connectivity index (χ1) is 25.6. The van der Waals surface area contributed by atoms with Crippen molar-refractivity contribution in [2.75, 3.05) is 76.9 Å². The fourth-order valence-corrected chi connectivity index (χ4v) is 11.6. The number of nitrogens with zero attached hydrogens (tertiary/aromatic N) is 4. The van der Waals surface area contributed by atoms with Gasteiger partial charge in [-0.25, -0.2) is 9.00 Å². The van der Waals surface area contributed by atoms with Gasteiger partial charge in [0, 0.05) is 62.4 Å². The van der Waals surface area contributed by atoms with E-state index in [1.165, 1.54) is 11.1 Å². The van der Waals surface area contributed by atoms with Crippen LogP contribution in [-0.4, -0.2) is 110 Å². The number of anilines is 1. The predicted molar refractivity (Wildman–Crippen MR) is 206 cm³/mol. The van der Waals surface area contributed by atoms with E-state index in [4.69, 9.17) is 25.8 Å². The number of urea groups is 1. The van der Waals surface area contributed by atoms with Gasteiger partial charge < -0.3 is 24.0 Å². The standard InChI is InChI=1S/C40H52ClN5O6S/c1-27-5-3-7-36(50-2)33-11-8-30(33)21-46-25-40(14-4-6-28-19-31(41)10-12-34(28)40)26-52-37-13-9-29(20-35(37)46)38(47)42-53(49,24-27)43-39(48)45-16-15-44-17-18-51-23-32(44)22-45/h3,7,9-10,12-13,19-20,27,30,32-33,36H,4-6,8,11,14-18,21-26H2,1-2H3,(H,42,43,47,48,49)/b7-3+/t27-,30-,32+,33+,36-,40-,53?/m0/s1. The van der Waals surface area contributed by atoms with Crippen molar-refractivity contribution in [1.82, 2.24) is 14.5 Å². The molecule has 6 aliphatic rings. The summed E-state index contributed by atoms with van der Waals surface area (Å²) < 4.78 is 40.3. The maximum absolute atomic E-state index is 14.7. The Bertz CT molecular complexity index is 1880. The van der Waals surface area contributed by atoms with Crippen molar-refractivity contribution >= 4 is 39.1 Å². The number of benzene rings is 2. The Morgan fingerprint density at radius 2 is 2.02 bits per heavy atom. The highest BCUT2D eigenvalue weighted by atomic mass is 35.5. The lowest BCUT2D eigenvalue weighted by Crippen LogP contribution is -2.60. The number of hydrogen-bond acceptors (Lipinski definition) is 8. The van der Waals surface area contributed by atoms with Crippen LogP contribution < -0.4 is 14.4 Å². The second kappa shape index (κ2) is 15.2. The van der Waals surface area contributed by atoms with Crippen LogP contribution in [-0.2, 0) is 31.2 Å². The summed E-state index contributed by atoms with van der Waals surface area (Å²) in [6, 6.07) is 11.3. The van der Waals surface area contributed by atoms with Crippen LogP contribution >= 0.6 is 11.6 Å². The molecular weight excluding hydrogens is 714 g/mol. The monoisotopic (exact) mass is 765 g/mol. The van der Waals surface area contributed by atoms with Gasteiger partial charge in [0.2, 0.25) is 0 Å². The van der Waals surface area contributed by atoms with E-state index in [1.807, 2.05) is 25.1 Å². The van der Waals surface area contributed by atoms with Gasteiger partial charge in [0.1, 0.15) is 15.7 Å². The number of hydrogen-bond donors (Lipinski definition) is 1. The van der Waals surface area contributed by atoms with Crippen LogP contribution in [0.4, 0.5) is 10.5 Å². The Morgan fingerprint density at radius 3 is 2.85 bits per heavy atom. The number of rotatable bonds is 2. The molecule has 0 radical (unpaired) electrons. The Kier molecular flexibility index (Phi) is 10.5. The highest BCUT2D eigenvalue weighted by molar-refractivity contribution is 7.92. The van der Waals surface area contributed by atoms with Crippen molar-refractivity contribution in [3.05, 3.63) is 70.3 Å². The number of piperazine rings is 1. The van der Waals surface area contributed by atoms with Gasteiger partial charge in [0.15, 0.2) is 0 Å². The topological polar surface area (TPSA) is 113 Å². The first-order valence-electron chi connectivity index (χ1n) is 19.3. The molecule has 3 amide bonds. The van der Waals surface area contributed by atoms with Crippen LogP contribution in [0.5, 0.6) is 5.75 Å². The van der Waals surface area contributed by atoms with E-state index < -0.39 is 21.9 Å². The molecule has 53 heavy (non-hydrogen) atoms. The van der Waals surface area contributed by atoms with E-state index in [9.17, 15) is 13.8 Å². The van der Waals surface area contributed by atoms with E-state index >= 15 is 0 Å². The van der Waals surface area contributed by atoms with Crippen molar-refractivity contribution in [2.24, 2.45) is 22.1 Å². The lowest BCUT2D eigenvalue weighted by atomic mass is 9.68. The average Bonchev–Trinajstić information content (AvgIpc) is 3.28. The van der Waals surface area contributed by atoms with Crippen LogP contribution in [0.2, 0.25) is 5.02 Å². The van der Waals surface area contributed by atoms with Crippen LogP contribution in [0, 0.1) is 17.8 Å². The molecule has 3 fully saturated rings. The van der Waals surface area contributed by atoms with Crippen LogP contribution in [0.25, 0.3) is 0 Å². The first-order valence-corrected chi connectivity index (χ1v) is 21.4. The van der Waals surface area contributed by atoms with Gasteiger partial charge in [-0.2, -0.15) is 0 Å². The molecule has 8 rings (SSSR count). The van der Waals surface area contributed by atoms with Gasteiger partial charge in [-0.1, -0.05) is 36.7 Å². The molecule has 4 heterocycles. The lowest BCUT2D eigenvalue weighted by Gasteiger charge is -2.46. The number of amides is 3. The van der Waals surface area contributed by atoms with E-state index in [1.54, 1.807) is 18.1 Å². The zero-order valence-electron chi connectivity index (χ0n) is 30.8. The third-order valence-electron chi connectivity index (χ3n) is 12.5. The molecule has 7 atom stereocenters. The smallest absolute Gasteiger partial charge is 0.329 e. The number of methoxy groups -OCH3 is 1. The highest BCUT2D eigenvalue weighted by Gasteiger charge is 2.44. The molecule has 2 aromatic carbocycles. The first kappa shape index (κ1) is 36.8. The Balaban J connectivity index is 1.15. The Labute approximate surface area is 318 Å². The number of allylic oxidation sites excluding steroid dienone is 1. The highest BCUT2D eigenvalue weighted by Crippen LogP contribution is 2.47. The lowest BCUT2D eigenvalue weighted by molar-refractivity contribution is -0.0361. The zero-order valence-corrected chi connectivity index (χ0v) is 32.4. The molecule has 1 saturated carbocycles. The van der Waals surface area contributed by atoms with Crippen molar-refractivity contribution in [3.8, 4) is 5.75 Å². The number of carbonyl (C=O) groups is 2. The molecule has 4 aliphatic heterocycles. The molecule has 2 saturated heterocycles. The van der Waals surface area contributed by atoms with Gasteiger partial charge >= 0.3 is 6.03 Å². The number of fused-ring (bicyclic) bond motifs is 5. The average molecular weight is 766 g/mol. The number of halogens is 1. The molecule has 0 aromatic heterocycles. The van der Waals surface area contributed by atoms with Crippen LogP contribution in [0.3, 0.4) is 0 Å². The summed E-state index contributed by atoms with van der Waals surface area (Å²) in [5.74, 6) is 0.758. The molecule has 11 nitrogen and oxygen atoms in total. The summed E-state index contributed by atoms with van der Waals surface area (Å²) in [4.78, 5) is 34.3. The summed E-state index contributed by atoms with van der Waals surface area (Å²) >= 11 is 6.47. The quantitative estimate of drug-likeness (QED) is 0.388. The predicted octanol–water partition coefficient (Wildman–Crippen LogP) is 5.70. The third-order valence-corrected chi connectivity index (χ3v) is 14.7. The summed E-state index contributed by atoms with van der Waals surface area (Å²) in [6.07, 6.45) is 9.98. The molecule has 2 bridgehead atoms. The number of morpholine rings is 1. The Morgan fingerprint density at radius 1 is 1.13 bits per heavy atom. The van der Waals surface area contributed by atoms with Gasteiger partial charge in [0.25, 0.3) is 5.91 Å². The van der Waals surface area contributed by atoms with Crippen molar-refractivity contribution in [1.29, 1.82) is 0 Å². The molecule has 2 aromatic rings. The fraction of sp³-hybridized carbons (Fsp3) is 0.600. The number of nitrogens with one attached hydrogen (secondary N) is 1. The number of ether oxygens (including phenoxy) is 3. The van der Waals surface area contributed by atoms with E-state index in [0.29, 0.717) is 62.5 Å². The van der Waals surface area contributed by atoms with Gasteiger partial charge in [-0.05, 0) is 97.7 Å². The number of aryl methyl sites for hydroxylation is 1. The summed E-state index contributed by atoms with van der Waals surface area (Å²) in [7, 11) is -1.73. The van der Waals surface area contributed by atoms with Crippen molar-refractivity contribution < 1.29 is 28.0 Å².